The molecule has 0 aliphatic heterocycles. The van der Waals surface area contributed by atoms with Gasteiger partial charge in [0.1, 0.15) is 5.69 Å². The molecule has 0 bridgehead atoms. The van der Waals surface area contributed by atoms with Crippen LogP contribution in [0, 0.1) is 0 Å². The molecule has 5 heteroatoms. The summed E-state index contributed by atoms with van der Waals surface area (Å²) in [6, 6.07) is 9.35. The third-order valence-electron chi connectivity index (χ3n) is 3.17. The quantitative estimate of drug-likeness (QED) is 0.869. The van der Waals surface area contributed by atoms with Gasteiger partial charge in [-0.2, -0.15) is 5.10 Å². The number of nitrogens with zero attached hydrogens (tertiary/aromatic N) is 2. The fraction of sp³-hybridized carbons (Fsp3) is 0.333. The van der Waals surface area contributed by atoms with Crippen LogP contribution in [0.15, 0.2) is 36.5 Å². The lowest BCUT2D eigenvalue weighted by Crippen LogP contribution is -2.37. The standard InChI is InChI=1S/C15H19N3O2/c1-3-12(10-19)16-15(20)13-9-18(2)17-14(13)11-7-5-4-6-8-11/h4-9,12,19H,3,10H2,1-2H3,(H,16,20). The second-order valence-electron chi connectivity index (χ2n) is 4.69. The van der Waals surface area contributed by atoms with Gasteiger partial charge in [0.15, 0.2) is 0 Å². The SMILES string of the molecule is CCC(CO)NC(=O)c1cn(C)nc1-c1ccccc1. The molecule has 20 heavy (non-hydrogen) atoms. The zero-order valence-electron chi connectivity index (χ0n) is 11.7. The van der Waals surface area contributed by atoms with E-state index in [1.165, 1.54) is 0 Å². The summed E-state index contributed by atoms with van der Waals surface area (Å²) in [6.07, 6.45) is 2.38. The van der Waals surface area contributed by atoms with Crippen molar-refractivity contribution >= 4 is 5.91 Å². The molecule has 106 valence electrons. The largest absolute Gasteiger partial charge is 0.394 e. The summed E-state index contributed by atoms with van der Waals surface area (Å²) < 4.78 is 1.62. The Kier molecular flexibility index (Phi) is 4.53. The number of aromatic nitrogens is 2. The average Bonchev–Trinajstić information content (AvgIpc) is 2.87. The van der Waals surface area contributed by atoms with Crippen molar-refractivity contribution in [3.63, 3.8) is 0 Å². The maximum atomic E-state index is 12.3. The molecule has 1 aromatic heterocycles. The zero-order valence-corrected chi connectivity index (χ0v) is 11.7. The van der Waals surface area contributed by atoms with Crippen LogP contribution in [0.1, 0.15) is 23.7 Å². The molecule has 2 aromatic rings. The number of rotatable bonds is 5. The molecule has 0 aliphatic rings. The monoisotopic (exact) mass is 273 g/mol. The molecule has 1 aromatic carbocycles. The van der Waals surface area contributed by atoms with Gasteiger partial charge in [-0.25, -0.2) is 0 Å². The van der Waals surface area contributed by atoms with E-state index in [-0.39, 0.29) is 18.6 Å². The van der Waals surface area contributed by atoms with Crippen molar-refractivity contribution in [2.24, 2.45) is 7.05 Å². The van der Waals surface area contributed by atoms with Crippen LogP contribution in [0.25, 0.3) is 11.3 Å². The number of carbonyl (C=O) groups is 1. The molecule has 0 radical (unpaired) electrons. The highest BCUT2D eigenvalue weighted by atomic mass is 16.3. The van der Waals surface area contributed by atoms with Gasteiger partial charge >= 0.3 is 0 Å². The lowest BCUT2D eigenvalue weighted by molar-refractivity contribution is 0.0915. The third-order valence-corrected chi connectivity index (χ3v) is 3.17. The Bertz CT molecular complexity index is 574. The highest BCUT2D eigenvalue weighted by molar-refractivity contribution is 5.99. The van der Waals surface area contributed by atoms with Crippen molar-refractivity contribution in [1.82, 2.24) is 15.1 Å². The molecule has 0 aliphatic carbocycles. The maximum Gasteiger partial charge on any atom is 0.255 e. The predicted molar refractivity (Wildman–Crippen MR) is 77.3 cm³/mol. The Balaban J connectivity index is 2.31. The van der Waals surface area contributed by atoms with Gasteiger partial charge in [-0.3, -0.25) is 9.48 Å². The first-order chi connectivity index (χ1) is 9.65. The number of aryl methyl sites for hydroxylation is 1. The number of aliphatic hydroxyl groups is 1. The molecule has 1 atom stereocenters. The fourth-order valence-corrected chi connectivity index (χ4v) is 2.00. The Morgan fingerprint density at radius 1 is 1.40 bits per heavy atom. The molecule has 2 N–H and O–H groups in total. The second kappa shape index (κ2) is 6.34. The van der Waals surface area contributed by atoms with E-state index < -0.39 is 0 Å². The number of hydrogen-bond acceptors (Lipinski definition) is 3. The second-order valence-corrected chi connectivity index (χ2v) is 4.69. The lowest BCUT2D eigenvalue weighted by Gasteiger charge is -2.13. The van der Waals surface area contributed by atoms with E-state index in [0.29, 0.717) is 17.7 Å². The molecule has 0 saturated carbocycles. The van der Waals surface area contributed by atoms with Crippen molar-refractivity contribution in [3.8, 4) is 11.3 Å². The smallest absolute Gasteiger partial charge is 0.255 e. The van der Waals surface area contributed by atoms with Crippen LogP contribution in [0.3, 0.4) is 0 Å². The predicted octanol–water partition coefficient (Wildman–Crippen LogP) is 1.59. The molecule has 0 saturated heterocycles. The van der Waals surface area contributed by atoms with Crippen LogP contribution in [0.4, 0.5) is 0 Å². The normalized spacial score (nSPS) is 12.2. The minimum atomic E-state index is -0.230. The molecular weight excluding hydrogens is 254 g/mol. The minimum Gasteiger partial charge on any atom is -0.394 e. The van der Waals surface area contributed by atoms with E-state index in [1.807, 2.05) is 37.3 Å². The van der Waals surface area contributed by atoms with Gasteiger partial charge in [0.25, 0.3) is 5.91 Å². The molecule has 1 heterocycles. The van der Waals surface area contributed by atoms with Gasteiger partial charge in [0.05, 0.1) is 18.2 Å². The maximum absolute atomic E-state index is 12.3. The van der Waals surface area contributed by atoms with Crippen LogP contribution in [-0.2, 0) is 7.05 Å². The zero-order chi connectivity index (χ0) is 14.5. The molecular formula is C15H19N3O2. The van der Waals surface area contributed by atoms with Crippen LogP contribution in [-0.4, -0.2) is 33.4 Å². The first-order valence-electron chi connectivity index (χ1n) is 6.66. The van der Waals surface area contributed by atoms with Gasteiger partial charge in [0, 0.05) is 18.8 Å². The summed E-state index contributed by atoms with van der Waals surface area (Å²) in [7, 11) is 1.78. The van der Waals surface area contributed by atoms with Gasteiger partial charge in [0.2, 0.25) is 0 Å². The van der Waals surface area contributed by atoms with E-state index in [4.69, 9.17) is 0 Å². The highest BCUT2D eigenvalue weighted by Crippen LogP contribution is 2.21. The molecule has 1 amide bonds. The van der Waals surface area contributed by atoms with Crippen molar-refractivity contribution in [2.75, 3.05) is 6.61 Å². The Hall–Kier alpha value is -2.14. The van der Waals surface area contributed by atoms with Crippen molar-refractivity contribution in [2.45, 2.75) is 19.4 Å². The molecule has 5 nitrogen and oxygen atoms in total. The van der Waals surface area contributed by atoms with Gasteiger partial charge in [-0.15, -0.1) is 0 Å². The number of amides is 1. The molecule has 2 rings (SSSR count). The average molecular weight is 273 g/mol. The van der Waals surface area contributed by atoms with Crippen molar-refractivity contribution in [3.05, 3.63) is 42.1 Å². The Morgan fingerprint density at radius 2 is 2.10 bits per heavy atom. The molecule has 1 unspecified atom stereocenters. The fourth-order valence-electron chi connectivity index (χ4n) is 2.00. The minimum absolute atomic E-state index is 0.0663. The summed E-state index contributed by atoms with van der Waals surface area (Å²) in [5, 5.41) is 16.3. The topological polar surface area (TPSA) is 67.2 Å². The summed E-state index contributed by atoms with van der Waals surface area (Å²) in [5.41, 5.74) is 2.07. The van der Waals surface area contributed by atoms with Crippen molar-refractivity contribution in [1.29, 1.82) is 0 Å². The number of benzene rings is 1. The number of nitrogens with one attached hydrogen (secondary N) is 1. The number of carbonyl (C=O) groups excluding carboxylic acids is 1. The summed E-state index contributed by atoms with van der Waals surface area (Å²) in [6.45, 7) is 1.85. The Labute approximate surface area is 118 Å². The van der Waals surface area contributed by atoms with Gasteiger partial charge in [-0.1, -0.05) is 37.3 Å². The van der Waals surface area contributed by atoms with E-state index in [9.17, 15) is 9.90 Å². The highest BCUT2D eigenvalue weighted by Gasteiger charge is 2.19. The van der Waals surface area contributed by atoms with Gasteiger partial charge < -0.3 is 10.4 Å². The van der Waals surface area contributed by atoms with Crippen LogP contribution in [0.5, 0.6) is 0 Å². The van der Waals surface area contributed by atoms with Crippen LogP contribution < -0.4 is 5.32 Å². The number of aliphatic hydroxyl groups excluding tert-OH is 1. The third kappa shape index (κ3) is 3.05. The van der Waals surface area contributed by atoms with E-state index in [1.54, 1.807) is 17.9 Å². The molecule has 0 fully saturated rings. The summed E-state index contributed by atoms with van der Waals surface area (Å²) in [4.78, 5) is 12.3. The Morgan fingerprint density at radius 3 is 2.70 bits per heavy atom. The van der Waals surface area contributed by atoms with Crippen LogP contribution >= 0.6 is 0 Å². The number of hydrogen-bond donors (Lipinski definition) is 2. The van der Waals surface area contributed by atoms with E-state index in [2.05, 4.69) is 10.4 Å². The first kappa shape index (κ1) is 14.3. The lowest BCUT2D eigenvalue weighted by atomic mass is 10.1. The van der Waals surface area contributed by atoms with Crippen molar-refractivity contribution < 1.29 is 9.90 Å². The van der Waals surface area contributed by atoms with E-state index in [0.717, 1.165) is 5.56 Å². The van der Waals surface area contributed by atoms with E-state index >= 15 is 0 Å². The molecule has 0 spiro atoms. The summed E-state index contributed by atoms with van der Waals surface area (Å²) in [5.74, 6) is -0.210. The first-order valence-corrected chi connectivity index (χ1v) is 6.66. The summed E-state index contributed by atoms with van der Waals surface area (Å²) >= 11 is 0. The van der Waals surface area contributed by atoms with Gasteiger partial charge in [-0.05, 0) is 6.42 Å². The van der Waals surface area contributed by atoms with Crippen LogP contribution in [0.2, 0.25) is 0 Å².